The van der Waals surface area contributed by atoms with Gasteiger partial charge in [-0.25, -0.2) is 0 Å². The minimum atomic E-state index is 0.147. The van der Waals surface area contributed by atoms with Crippen molar-refractivity contribution in [3.63, 3.8) is 0 Å². The maximum Gasteiger partial charge on any atom is 0.0762 e. The van der Waals surface area contributed by atoms with Crippen molar-refractivity contribution in [2.24, 2.45) is 0 Å². The summed E-state index contributed by atoms with van der Waals surface area (Å²) in [6.07, 6.45) is 9.45. The molecule has 0 radical (unpaired) electrons. The third kappa shape index (κ3) is 3.39. The van der Waals surface area contributed by atoms with Crippen LogP contribution in [0.1, 0.15) is 45.3 Å². The van der Waals surface area contributed by atoms with Gasteiger partial charge in [-0.1, -0.05) is 19.8 Å². The first-order valence-corrected chi connectivity index (χ1v) is 5.94. The zero-order valence-electron chi connectivity index (χ0n) is 10.4. The van der Waals surface area contributed by atoms with E-state index in [0.717, 1.165) is 25.1 Å². The average molecular weight is 219 g/mol. The van der Waals surface area contributed by atoms with Gasteiger partial charge in [0.1, 0.15) is 0 Å². The van der Waals surface area contributed by atoms with E-state index >= 15 is 0 Å². The molecule has 0 aromatic carbocycles. The van der Waals surface area contributed by atoms with Crippen LogP contribution in [-0.4, -0.2) is 15.8 Å². The van der Waals surface area contributed by atoms with E-state index in [9.17, 15) is 0 Å². The zero-order valence-corrected chi connectivity index (χ0v) is 10.4. The molecule has 1 N–H and O–H groups in total. The fourth-order valence-electron chi connectivity index (χ4n) is 1.45. The van der Waals surface area contributed by atoms with E-state index in [1.807, 2.05) is 16.9 Å². The number of aromatic nitrogens is 2. The lowest BCUT2D eigenvalue weighted by atomic mass is 10.2. The normalized spacial score (nSPS) is 14.4. The highest BCUT2D eigenvalue weighted by atomic mass is 15.3. The minimum absolute atomic E-state index is 0.147. The Hall–Kier alpha value is -1.27. The van der Waals surface area contributed by atoms with Crippen molar-refractivity contribution in [3.05, 3.63) is 18.0 Å². The molecular formula is C13H21N3. The van der Waals surface area contributed by atoms with Crippen LogP contribution < -0.4 is 5.32 Å². The predicted octanol–water partition coefficient (Wildman–Crippen LogP) is 2.36. The van der Waals surface area contributed by atoms with E-state index in [2.05, 4.69) is 37.1 Å². The molecule has 0 spiro atoms. The molecule has 3 heteroatoms. The number of nitrogens with zero attached hydrogens (tertiary/aromatic N) is 2. The molecular weight excluding hydrogens is 198 g/mol. The Labute approximate surface area is 98.2 Å². The van der Waals surface area contributed by atoms with Gasteiger partial charge >= 0.3 is 0 Å². The molecule has 1 aromatic rings. The molecule has 0 saturated carbocycles. The van der Waals surface area contributed by atoms with Crippen molar-refractivity contribution in [2.75, 3.05) is 0 Å². The fourth-order valence-corrected chi connectivity index (χ4v) is 1.45. The summed E-state index contributed by atoms with van der Waals surface area (Å²) in [5.41, 5.74) is 1.05. The highest BCUT2D eigenvalue weighted by molar-refractivity contribution is 5.03. The molecule has 2 atom stereocenters. The first kappa shape index (κ1) is 12.8. The molecule has 0 amide bonds. The van der Waals surface area contributed by atoms with E-state index in [1.54, 1.807) is 0 Å². The van der Waals surface area contributed by atoms with Crippen LogP contribution in [0.15, 0.2) is 12.3 Å². The van der Waals surface area contributed by atoms with Gasteiger partial charge in [-0.3, -0.25) is 10.00 Å². The monoisotopic (exact) mass is 219 g/mol. The smallest absolute Gasteiger partial charge is 0.0762 e. The molecule has 0 aliphatic carbocycles. The highest BCUT2D eigenvalue weighted by Gasteiger charge is 2.06. The molecule has 0 bridgehead atoms. The number of rotatable bonds is 6. The van der Waals surface area contributed by atoms with Gasteiger partial charge in [-0.2, -0.15) is 5.10 Å². The Balaban J connectivity index is 2.50. The van der Waals surface area contributed by atoms with Crippen molar-refractivity contribution in [1.29, 1.82) is 0 Å². The third-order valence-electron chi connectivity index (χ3n) is 2.85. The number of hydrogen-bond acceptors (Lipinski definition) is 2. The van der Waals surface area contributed by atoms with Crippen LogP contribution in [0.2, 0.25) is 0 Å². The summed E-state index contributed by atoms with van der Waals surface area (Å²) < 4.78 is 2.01. The van der Waals surface area contributed by atoms with E-state index in [4.69, 9.17) is 6.42 Å². The van der Waals surface area contributed by atoms with Crippen LogP contribution in [0.3, 0.4) is 0 Å². The van der Waals surface area contributed by atoms with Gasteiger partial charge in [0.25, 0.3) is 0 Å². The summed E-state index contributed by atoms with van der Waals surface area (Å²) in [6, 6.07) is 2.65. The number of terminal acetylenes is 1. The Morgan fingerprint density at radius 1 is 1.50 bits per heavy atom. The minimum Gasteiger partial charge on any atom is -0.298 e. The fraction of sp³-hybridized carbons (Fsp3) is 0.615. The second-order valence-electron chi connectivity index (χ2n) is 4.05. The molecule has 1 rings (SSSR count). The van der Waals surface area contributed by atoms with Crippen LogP contribution in [0.25, 0.3) is 0 Å². The molecule has 16 heavy (non-hydrogen) atoms. The van der Waals surface area contributed by atoms with Crippen LogP contribution in [0.5, 0.6) is 0 Å². The molecule has 1 heterocycles. The lowest BCUT2D eigenvalue weighted by Crippen LogP contribution is -2.26. The standard InChI is InChI=1S/C13H21N3/c1-5-11(4)16-9-8-13(15-16)10-14-12(6-2)7-3/h2,8-9,11-12,14H,5,7,10H2,1,3-4H3. The highest BCUT2D eigenvalue weighted by Crippen LogP contribution is 2.09. The molecule has 0 saturated heterocycles. The maximum absolute atomic E-state index is 5.38. The SMILES string of the molecule is C#CC(CC)NCc1ccn(C(C)CC)n1. The molecule has 0 fully saturated rings. The molecule has 88 valence electrons. The van der Waals surface area contributed by atoms with E-state index in [0.29, 0.717) is 6.04 Å². The Morgan fingerprint density at radius 3 is 2.81 bits per heavy atom. The predicted molar refractivity (Wildman–Crippen MR) is 67.0 cm³/mol. The summed E-state index contributed by atoms with van der Waals surface area (Å²) in [5, 5.41) is 7.80. The van der Waals surface area contributed by atoms with Crippen molar-refractivity contribution >= 4 is 0 Å². The first-order valence-electron chi connectivity index (χ1n) is 5.94. The van der Waals surface area contributed by atoms with Crippen LogP contribution in [0, 0.1) is 12.3 Å². The van der Waals surface area contributed by atoms with Gasteiger partial charge in [0.15, 0.2) is 0 Å². The van der Waals surface area contributed by atoms with Gasteiger partial charge in [0.05, 0.1) is 11.7 Å². The largest absolute Gasteiger partial charge is 0.298 e. The van der Waals surface area contributed by atoms with Crippen molar-refractivity contribution in [3.8, 4) is 12.3 Å². The second-order valence-corrected chi connectivity index (χ2v) is 4.05. The topological polar surface area (TPSA) is 29.9 Å². The van der Waals surface area contributed by atoms with Gasteiger partial charge < -0.3 is 0 Å². The second kappa shape index (κ2) is 6.34. The maximum atomic E-state index is 5.38. The van der Waals surface area contributed by atoms with Gasteiger partial charge in [-0.15, -0.1) is 6.42 Å². The van der Waals surface area contributed by atoms with Crippen molar-refractivity contribution in [2.45, 2.75) is 52.2 Å². The van der Waals surface area contributed by atoms with Crippen LogP contribution in [0.4, 0.5) is 0 Å². The number of nitrogens with one attached hydrogen (secondary N) is 1. The molecule has 2 unspecified atom stereocenters. The first-order chi connectivity index (χ1) is 7.71. The average Bonchev–Trinajstić information content (AvgIpc) is 2.78. The molecule has 0 aliphatic rings. The van der Waals surface area contributed by atoms with Gasteiger partial charge in [-0.05, 0) is 25.8 Å². The Morgan fingerprint density at radius 2 is 2.25 bits per heavy atom. The van der Waals surface area contributed by atoms with Crippen LogP contribution in [-0.2, 0) is 6.54 Å². The van der Waals surface area contributed by atoms with Crippen molar-refractivity contribution < 1.29 is 0 Å². The quantitative estimate of drug-likeness (QED) is 0.744. The van der Waals surface area contributed by atoms with Crippen LogP contribution >= 0.6 is 0 Å². The van der Waals surface area contributed by atoms with E-state index in [1.165, 1.54) is 0 Å². The molecule has 3 nitrogen and oxygen atoms in total. The van der Waals surface area contributed by atoms with Gasteiger partial charge in [0.2, 0.25) is 0 Å². The number of hydrogen-bond donors (Lipinski definition) is 1. The zero-order chi connectivity index (χ0) is 12.0. The summed E-state index contributed by atoms with van der Waals surface area (Å²) in [6.45, 7) is 7.15. The summed E-state index contributed by atoms with van der Waals surface area (Å²) in [4.78, 5) is 0. The lowest BCUT2D eigenvalue weighted by Gasteiger charge is -2.10. The van der Waals surface area contributed by atoms with E-state index < -0.39 is 0 Å². The third-order valence-corrected chi connectivity index (χ3v) is 2.85. The van der Waals surface area contributed by atoms with E-state index in [-0.39, 0.29) is 6.04 Å². The lowest BCUT2D eigenvalue weighted by molar-refractivity contribution is 0.469. The summed E-state index contributed by atoms with van der Waals surface area (Å²) in [5.74, 6) is 2.72. The van der Waals surface area contributed by atoms with Crippen molar-refractivity contribution in [1.82, 2.24) is 15.1 Å². The Bertz CT molecular complexity index is 348. The Kier molecular flexibility index (Phi) is 5.07. The summed E-state index contributed by atoms with van der Waals surface area (Å²) >= 11 is 0. The summed E-state index contributed by atoms with van der Waals surface area (Å²) in [7, 11) is 0. The molecule has 1 aromatic heterocycles. The van der Waals surface area contributed by atoms with Gasteiger partial charge in [0, 0.05) is 18.8 Å². The molecule has 0 aliphatic heterocycles.